The molecule has 0 atom stereocenters. The van der Waals surface area contributed by atoms with E-state index in [2.05, 4.69) is 13.8 Å². The van der Waals surface area contributed by atoms with Crippen molar-refractivity contribution in [1.29, 1.82) is 0 Å². The molecule has 0 heterocycles. The predicted molar refractivity (Wildman–Crippen MR) is 58.8 cm³/mol. The van der Waals surface area contributed by atoms with Crippen LogP contribution in [0.1, 0.15) is 29.5 Å². The number of aliphatic hydroxyl groups is 1. The normalized spacial score (nSPS) is 18.3. The summed E-state index contributed by atoms with van der Waals surface area (Å²) >= 11 is 6.12. The summed E-state index contributed by atoms with van der Waals surface area (Å²) in [7, 11) is 0. The average molecular weight is 211 g/mol. The minimum Gasteiger partial charge on any atom is -0.390 e. The van der Waals surface area contributed by atoms with Crippen LogP contribution in [0.25, 0.3) is 0 Å². The monoisotopic (exact) mass is 210 g/mol. The molecule has 1 aliphatic carbocycles. The molecule has 1 aliphatic rings. The van der Waals surface area contributed by atoms with Gasteiger partial charge < -0.3 is 5.11 Å². The molecule has 0 saturated heterocycles. The van der Waals surface area contributed by atoms with E-state index in [4.69, 9.17) is 11.6 Å². The Balaban J connectivity index is 2.35. The molecule has 1 N–H and O–H groups in total. The molecule has 0 aliphatic heterocycles. The standard InChI is InChI=1S/C12H15ClO/c1-8-3-4-11(13)10(9(8)2)7-12(14)5-6-12/h3-4,14H,5-7H2,1-2H3. The first-order chi connectivity index (χ1) is 6.52. The van der Waals surface area contributed by atoms with Crippen molar-refractivity contribution in [3.63, 3.8) is 0 Å². The van der Waals surface area contributed by atoms with Crippen molar-refractivity contribution in [1.82, 2.24) is 0 Å². The molecule has 2 heteroatoms. The lowest BCUT2D eigenvalue weighted by Gasteiger charge is -2.14. The van der Waals surface area contributed by atoms with E-state index in [1.807, 2.05) is 12.1 Å². The maximum Gasteiger partial charge on any atom is 0.0690 e. The summed E-state index contributed by atoms with van der Waals surface area (Å²) < 4.78 is 0. The lowest BCUT2D eigenvalue weighted by molar-refractivity contribution is 0.151. The molecule has 1 aromatic carbocycles. The van der Waals surface area contributed by atoms with Crippen LogP contribution in [0.4, 0.5) is 0 Å². The number of halogens is 1. The molecule has 0 unspecified atom stereocenters. The van der Waals surface area contributed by atoms with Crippen LogP contribution in [-0.2, 0) is 6.42 Å². The van der Waals surface area contributed by atoms with Crippen molar-refractivity contribution < 1.29 is 5.11 Å². The fourth-order valence-electron chi connectivity index (χ4n) is 1.71. The van der Waals surface area contributed by atoms with Crippen LogP contribution in [0, 0.1) is 13.8 Å². The van der Waals surface area contributed by atoms with Crippen LogP contribution in [0.3, 0.4) is 0 Å². The van der Waals surface area contributed by atoms with Crippen molar-refractivity contribution in [2.75, 3.05) is 0 Å². The number of aryl methyl sites for hydroxylation is 1. The third-order valence-corrected chi connectivity index (χ3v) is 3.50. The van der Waals surface area contributed by atoms with Gasteiger partial charge in [-0.15, -0.1) is 0 Å². The second-order valence-corrected chi connectivity index (χ2v) is 4.78. The zero-order valence-corrected chi connectivity index (χ0v) is 9.36. The van der Waals surface area contributed by atoms with Crippen LogP contribution in [-0.4, -0.2) is 10.7 Å². The van der Waals surface area contributed by atoms with E-state index in [-0.39, 0.29) is 0 Å². The SMILES string of the molecule is Cc1ccc(Cl)c(CC2(O)CC2)c1C. The van der Waals surface area contributed by atoms with Crippen molar-refractivity contribution in [2.45, 2.75) is 38.7 Å². The van der Waals surface area contributed by atoms with Gasteiger partial charge in [0.05, 0.1) is 5.60 Å². The Morgan fingerprint density at radius 3 is 2.57 bits per heavy atom. The van der Waals surface area contributed by atoms with Gasteiger partial charge in [0.25, 0.3) is 0 Å². The van der Waals surface area contributed by atoms with Gasteiger partial charge in [-0.05, 0) is 49.4 Å². The van der Waals surface area contributed by atoms with E-state index >= 15 is 0 Å². The van der Waals surface area contributed by atoms with Gasteiger partial charge in [0.15, 0.2) is 0 Å². The van der Waals surface area contributed by atoms with Gasteiger partial charge in [0, 0.05) is 11.4 Å². The van der Waals surface area contributed by atoms with E-state index in [0.29, 0.717) is 6.42 Å². The first-order valence-electron chi connectivity index (χ1n) is 4.99. The summed E-state index contributed by atoms with van der Waals surface area (Å²) in [6.45, 7) is 4.15. The third-order valence-electron chi connectivity index (χ3n) is 3.15. The molecule has 0 radical (unpaired) electrons. The molecule has 76 valence electrons. The van der Waals surface area contributed by atoms with Gasteiger partial charge >= 0.3 is 0 Å². The fourth-order valence-corrected chi connectivity index (χ4v) is 1.98. The number of rotatable bonds is 2. The van der Waals surface area contributed by atoms with Gasteiger partial charge in [-0.2, -0.15) is 0 Å². The van der Waals surface area contributed by atoms with Crippen LogP contribution < -0.4 is 0 Å². The maximum atomic E-state index is 9.86. The lowest BCUT2D eigenvalue weighted by atomic mass is 9.98. The van der Waals surface area contributed by atoms with Crippen LogP contribution in [0.15, 0.2) is 12.1 Å². The second-order valence-electron chi connectivity index (χ2n) is 4.37. The molecule has 14 heavy (non-hydrogen) atoms. The minimum absolute atomic E-state index is 0.456. The fraction of sp³-hybridized carbons (Fsp3) is 0.500. The Morgan fingerprint density at radius 2 is 2.00 bits per heavy atom. The van der Waals surface area contributed by atoms with Crippen LogP contribution >= 0.6 is 11.6 Å². The quantitative estimate of drug-likeness (QED) is 0.796. The molecule has 0 spiro atoms. The number of hydrogen-bond acceptors (Lipinski definition) is 1. The number of benzene rings is 1. The van der Waals surface area contributed by atoms with Gasteiger partial charge in [-0.1, -0.05) is 17.7 Å². The Bertz CT molecular complexity index is 367. The lowest BCUT2D eigenvalue weighted by Crippen LogP contribution is -2.12. The smallest absolute Gasteiger partial charge is 0.0690 e. The zero-order chi connectivity index (χ0) is 10.3. The summed E-state index contributed by atoms with van der Waals surface area (Å²) in [5, 5.41) is 10.6. The topological polar surface area (TPSA) is 20.2 Å². The van der Waals surface area contributed by atoms with E-state index in [1.54, 1.807) is 0 Å². The van der Waals surface area contributed by atoms with E-state index < -0.39 is 5.60 Å². The van der Waals surface area contributed by atoms with Crippen molar-refractivity contribution in [3.05, 3.63) is 33.8 Å². The highest BCUT2D eigenvalue weighted by Gasteiger charge is 2.40. The Labute approximate surface area is 89.7 Å². The molecule has 0 amide bonds. The summed E-state index contributed by atoms with van der Waals surface area (Å²) in [6, 6.07) is 3.95. The molecule has 1 saturated carbocycles. The second kappa shape index (κ2) is 3.25. The van der Waals surface area contributed by atoms with Gasteiger partial charge in [0.2, 0.25) is 0 Å². The number of hydrogen-bond donors (Lipinski definition) is 1. The van der Waals surface area contributed by atoms with Gasteiger partial charge in [-0.3, -0.25) is 0 Å². The summed E-state index contributed by atoms with van der Waals surface area (Å²) in [6.07, 6.45) is 2.53. The van der Waals surface area contributed by atoms with Gasteiger partial charge in [-0.25, -0.2) is 0 Å². The predicted octanol–water partition coefficient (Wildman–Crippen LogP) is 3.02. The minimum atomic E-state index is -0.456. The maximum absolute atomic E-state index is 9.86. The molecule has 1 aromatic rings. The first kappa shape index (κ1) is 10.0. The Hall–Kier alpha value is -0.530. The van der Waals surface area contributed by atoms with Crippen LogP contribution in [0.2, 0.25) is 5.02 Å². The summed E-state index contributed by atoms with van der Waals surface area (Å²) in [5.74, 6) is 0. The van der Waals surface area contributed by atoms with E-state index in [1.165, 1.54) is 11.1 Å². The Kier molecular flexibility index (Phi) is 2.32. The highest BCUT2D eigenvalue weighted by molar-refractivity contribution is 6.31. The van der Waals surface area contributed by atoms with Crippen LogP contribution in [0.5, 0.6) is 0 Å². The van der Waals surface area contributed by atoms with Crippen molar-refractivity contribution >= 4 is 11.6 Å². The molecular formula is C12H15ClO. The Morgan fingerprint density at radius 1 is 1.36 bits per heavy atom. The summed E-state index contributed by atoms with van der Waals surface area (Å²) in [5.41, 5.74) is 3.13. The van der Waals surface area contributed by atoms with E-state index in [0.717, 1.165) is 23.4 Å². The van der Waals surface area contributed by atoms with Crippen molar-refractivity contribution in [3.8, 4) is 0 Å². The largest absolute Gasteiger partial charge is 0.390 e. The highest BCUT2D eigenvalue weighted by Crippen LogP contribution is 2.40. The third kappa shape index (κ3) is 1.79. The average Bonchev–Trinajstić information content (AvgIpc) is 2.86. The molecule has 0 bridgehead atoms. The highest BCUT2D eigenvalue weighted by atomic mass is 35.5. The molecule has 1 fully saturated rings. The zero-order valence-electron chi connectivity index (χ0n) is 8.60. The molecular weight excluding hydrogens is 196 g/mol. The summed E-state index contributed by atoms with van der Waals surface area (Å²) in [4.78, 5) is 0. The molecule has 0 aromatic heterocycles. The molecule has 2 rings (SSSR count). The van der Waals surface area contributed by atoms with E-state index in [9.17, 15) is 5.11 Å². The van der Waals surface area contributed by atoms with Crippen molar-refractivity contribution in [2.24, 2.45) is 0 Å². The molecule has 1 nitrogen and oxygen atoms in total. The van der Waals surface area contributed by atoms with Gasteiger partial charge in [0.1, 0.15) is 0 Å². The first-order valence-corrected chi connectivity index (χ1v) is 5.37.